The number of nitrogens with zero attached hydrogens (tertiary/aromatic N) is 2. The van der Waals surface area contributed by atoms with Gasteiger partial charge in [-0.05, 0) is 19.9 Å². The van der Waals surface area contributed by atoms with Crippen molar-refractivity contribution in [1.82, 2.24) is 14.9 Å². The first kappa shape index (κ1) is 12.6. The van der Waals surface area contributed by atoms with Crippen LogP contribution in [0.5, 0.6) is 0 Å². The third kappa shape index (κ3) is 3.07. The van der Waals surface area contributed by atoms with E-state index >= 15 is 0 Å². The number of rotatable bonds is 6. The summed E-state index contributed by atoms with van der Waals surface area (Å²) in [5.41, 5.74) is 0. The summed E-state index contributed by atoms with van der Waals surface area (Å²) in [5.74, 6) is 1.84. The molecule has 1 aromatic heterocycles. The Hall–Kier alpha value is -0.870. The highest BCUT2D eigenvalue weighted by Gasteiger charge is 2.25. The Balaban J connectivity index is 1.99. The van der Waals surface area contributed by atoms with E-state index < -0.39 is 0 Å². The molecule has 0 amide bonds. The maximum Gasteiger partial charge on any atom is 0.108 e. The molecule has 2 heterocycles. The van der Waals surface area contributed by atoms with E-state index in [9.17, 15) is 0 Å². The normalized spacial score (nSPS) is 21.9. The molecular formula is C13H23N3O. The molecule has 1 fully saturated rings. The van der Waals surface area contributed by atoms with Crippen LogP contribution in [0.1, 0.15) is 25.6 Å². The monoisotopic (exact) mass is 237 g/mol. The third-order valence-electron chi connectivity index (χ3n) is 3.57. The van der Waals surface area contributed by atoms with Crippen LogP contribution >= 0.6 is 0 Å². The lowest BCUT2D eigenvalue weighted by Gasteiger charge is -2.23. The lowest BCUT2D eigenvalue weighted by atomic mass is 9.99. The molecular weight excluding hydrogens is 214 g/mol. The van der Waals surface area contributed by atoms with E-state index in [0.29, 0.717) is 12.0 Å². The summed E-state index contributed by atoms with van der Waals surface area (Å²) in [6.07, 6.45) is 7.37. The predicted octanol–water partition coefficient (Wildman–Crippen LogP) is 1.46. The Morgan fingerprint density at radius 1 is 1.65 bits per heavy atom. The lowest BCUT2D eigenvalue weighted by Crippen LogP contribution is -2.38. The highest BCUT2D eigenvalue weighted by Crippen LogP contribution is 2.18. The van der Waals surface area contributed by atoms with Crippen LogP contribution in [0.2, 0.25) is 0 Å². The maximum atomic E-state index is 5.47. The van der Waals surface area contributed by atoms with E-state index in [0.717, 1.165) is 32.6 Å². The van der Waals surface area contributed by atoms with Gasteiger partial charge in [0.2, 0.25) is 0 Å². The van der Waals surface area contributed by atoms with Gasteiger partial charge in [0, 0.05) is 43.9 Å². The molecule has 1 aliphatic heterocycles. The van der Waals surface area contributed by atoms with Gasteiger partial charge in [-0.2, -0.15) is 0 Å². The largest absolute Gasteiger partial charge is 0.381 e. The predicted molar refractivity (Wildman–Crippen MR) is 68.0 cm³/mol. The van der Waals surface area contributed by atoms with E-state index in [-0.39, 0.29) is 0 Å². The van der Waals surface area contributed by atoms with Crippen molar-refractivity contribution in [2.75, 3.05) is 20.3 Å². The Bertz CT molecular complexity index is 331. The first-order valence-corrected chi connectivity index (χ1v) is 6.60. The Morgan fingerprint density at radius 3 is 3.18 bits per heavy atom. The molecule has 4 nitrogen and oxygen atoms in total. The fourth-order valence-corrected chi connectivity index (χ4v) is 2.52. The number of imidazole rings is 1. The molecule has 1 saturated heterocycles. The van der Waals surface area contributed by atoms with Crippen LogP contribution in [0, 0.1) is 5.92 Å². The molecule has 2 unspecified atom stereocenters. The van der Waals surface area contributed by atoms with Crippen LogP contribution < -0.4 is 5.32 Å². The Kier molecular flexibility index (Phi) is 4.57. The smallest absolute Gasteiger partial charge is 0.108 e. The van der Waals surface area contributed by atoms with E-state index in [2.05, 4.69) is 28.0 Å². The molecule has 96 valence electrons. The van der Waals surface area contributed by atoms with Gasteiger partial charge < -0.3 is 14.6 Å². The number of hydrogen-bond acceptors (Lipinski definition) is 3. The summed E-state index contributed by atoms with van der Waals surface area (Å²) >= 11 is 0. The summed E-state index contributed by atoms with van der Waals surface area (Å²) in [5, 5.41) is 3.42. The van der Waals surface area contributed by atoms with Crippen molar-refractivity contribution in [2.45, 2.75) is 38.8 Å². The molecule has 0 aliphatic carbocycles. The molecule has 1 aliphatic rings. The van der Waals surface area contributed by atoms with Crippen LogP contribution in [-0.2, 0) is 17.7 Å². The second kappa shape index (κ2) is 6.17. The molecule has 0 radical (unpaired) electrons. The molecule has 1 aromatic rings. The first-order valence-electron chi connectivity index (χ1n) is 6.60. The minimum Gasteiger partial charge on any atom is -0.381 e. The van der Waals surface area contributed by atoms with Gasteiger partial charge in [0.05, 0.1) is 6.61 Å². The minimum atomic E-state index is 0.488. The Morgan fingerprint density at radius 2 is 2.53 bits per heavy atom. The second-order valence-electron chi connectivity index (χ2n) is 4.76. The zero-order valence-corrected chi connectivity index (χ0v) is 10.9. The molecule has 0 spiro atoms. The molecule has 0 aromatic carbocycles. The molecule has 17 heavy (non-hydrogen) atoms. The third-order valence-corrected chi connectivity index (χ3v) is 3.57. The fraction of sp³-hybridized carbons (Fsp3) is 0.769. The van der Waals surface area contributed by atoms with Crippen LogP contribution in [0.15, 0.2) is 12.4 Å². The number of ether oxygens (including phenoxy) is 1. The molecule has 4 heteroatoms. The number of hydrogen-bond donors (Lipinski definition) is 1. The second-order valence-corrected chi connectivity index (χ2v) is 4.76. The molecule has 0 saturated carbocycles. The Labute approximate surface area is 103 Å². The summed E-state index contributed by atoms with van der Waals surface area (Å²) in [7, 11) is 2.04. The van der Waals surface area contributed by atoms with Crippen LogP contribution in [-0.4, -0.2) is 35.9 Å². The fourth-order valence-electron chi connectivity index (χ4n) is 2.52. The summed E-state index contributed by atoms with van der Waals surface area (Å²) in [6, 6.07) is 0.488. The first-order chi connectivity index (χ1) is 8.35. The van der Waals surface area contributed by atoms with Crippen molar-refractivity contribution in [3.05, 3.63) is 18.2 Å². The van der Waals surface area contributed by atoms with Gasteiger partial charge in [-0.25, -0.2) is 4.98 Å². The quantitative estimate of drug-likeness (QED) is 0.814. The number of nitrogens with one attached hydrogen (secondary N) is 1. The van der Waals surface area contributed by atoms with Crippen molar-refractivity contribution in [3.63, 3.8) is 0 Å². The van der Waals surface area contributed by atoms with Crippen molar-refractivity contribution in [3.8, 4) is 0 Å². The van der Waals surface area contributed by atoms with Gasteiger partial charge in [-0.1, -0.05) is 6.92 Å². The van der Waals surface area contributed by atoms with E-state index in [1.807, 2.05) is 13.2 Å². The van der Waals surface area contributed by atoms with Crippen molar-refractivity contribution >= 4 is 0 Å². The van der Waals surface area contributed by atoms with Gasteiger partial charge in [-0.3, -0.25) is 0 Å². The number of aromatic nitrogens is 2. The average molecular weight is 237 g/mol. The number of aryl methyl sites for hydroxylation is 1. The average Bonchev–Trinajstić information content (AvgIpc) is 2.97. The van der Waals surface area contributed by atoms with Crippen LogP contribution in [0.4, 0.5) is 0 Å². The highest BCUT2D eigenvalue weighted by atomic mass is 16.5. The van der Waals surface area contributed by atoms with Gasteiger partial charge in [-0.15, -0.1) is 0 Å². The van der Waals surface area contributed by atoms with Gasteiger partial charge >= 0.3 is 0 Å². The van der Waals surface area contributed by atoms with Crippen LogP contribution in [0.25, 0.3) is 0 Å². The molecule has 0 bridgehead atoms. The highest BCUT2D eigenvalue weighted by molar-refractivity contribution is 4.94. The van der Waals surface area contributed by atoms with Crippen LogP contribution in [0.3, 0.4) is 0 Å². The number of likely N-dealkylation sites (N-methyl/N-ethyl adjacent to an activating group) is 1. The zero-order chi connectivity index (χ0) is 12.1. The topological polar surface area (TPSA) is 39.1 Å². The van der Waals surface area contributed by atoms with Gasteiger partial charge in [0.25, 0.3) is 0 Å². The molecule has 2 rings (SSSR count). The standard InChI is InChI=1S/C13H23N3O/c1-3-4-13-15-6-7-16(13)9-12(14-2)11-5-8-17-10-11/h6-7,11-12,14H,3-5,8-10H2,1-2H3. The van der Waals surface area contributed by atoms with E-state index in [4.69, 9.17) is 4.74 Å². The summed E-state index contributed by atoms with van der Waals surface area (Å²) in [6.45, 7) is 5.00. The minimum absolute atomic E-state index is 0.488. The van der Waals surface area contributed by atoms with E-state index in [1.54, 1.807) is 0 Å². The van der Waals surface area contributed by atoms with Gasteiger partial charge in [0.1, 0.15) is 5.82 Å². The van der Waals surface area contributed by atoms with E-state index in [1.165, 1.54) is 12.2 Å². The SMILES string of the molecule is CCCc1nccn1CC(NC)C1CCOC1. The van der Waals surface area contributed by atoms with Crippen molar-refractivity contribution in [1.29, 1.82) is 0 Å². The maximum absolute atomic E-state index is 5.47. The van der Waals surface area contributed by atoms with Crippen molar-refractivity contribution in [2.24, 2.45) is 5.92 Å². The zero-order valence-electron chi connectivity index (χ0n) is 10.9. The lowest BCUT2D eigenvalue weighted by molar-refractivity contribution is 0.175. The summed E-state index contributed by atoms with van der Waals surface area (Å²) < 4.78 is 7.75. The van der Waals surface area contributed by atoms with Crippen molar-refractivity contribution < 1.29 is 4.74 Å². The molecule has 1 N–H and O–H groups in total. The summed E-state index contributed by atoms with van der Waals surface area (Å²) in [4.78, 5) is 4.42. The van der Waals surface area contributed by atoms with Gasteiger partial charge in [0.15, 0.2) is 0 Å². The molecule has 2 atom stereocenters.